The molecule has 8 aromatic carbocycles. The number of rotatable bonds is 4. The molecule has 4 heteroatoms. The summed E-state index contributed by atoms with van der Waals surface area (Å²) in [5.41, 5.74) is 10.8. The molecular weight excluding hydrogens is 787 g/mol. The van der Waals surface area contributed by atoms with Crippen LogP contribution in [0.4, 0.5) is 0 Å². The Morgan fingerprint density at radius 1 is 0.420 bits per heavy atom. The third-order valence-corrected chi connectivity index (χ3v) is 37.4. The van der Waals surface area contributed by atoms with Gasteiger partial charge in [-0.25, -0.2) is 12.1 Å². The van der Waals surface area contributed by atoms with E-state index in [1.165, 1.54) is 74.8 Å². The zero-order chi connectivity index (χ0) is 35.0. The van der Waals surface area contributed by atoms with Crippen molar-refractivity contribution < 1.29 is 16.2 Å². The molecule has 0 N–H and O–H groups in total. The molecule has 0 aliphatic heterocycles. The third kappa shape index (κ3) is 8.70. The van der Waals surface area contributed by atoms with Crippen molar-refractivity contribution in [2.45, 2.75) is 27.7 Å². The van der Waals surface area contributed by atoms with Gasteiger partial charge in [0.25, 0.3) is 0 Å². The van der Waals surface area contributed by atoms with E-state index in [1.54, 1.807) is 0 Å². The van der Waals surface area contributed by atoms with Gasteiger partial charge in [-0.15, -0.1) is 0 Å². The summed E-state index contributed by atoms with van der Waals surface area (Å²) in [6.45, 7) is 8.68. The van der Waals surface area contributed by atoms with Crippen molar-refractivity contribution >= 4 is 57.3 Å². The number of fused-ring (bicyclic) bond motifs is 2. The molecule has 0 atom stereocenters. The van der Waals surface area contributed by atoms with Crippen molar-refractivity contribution in [3.8, 4) is 22.3 Å². The Hall–Kier alpha value is -3.45. The Kier molecular flexibility index (Phi) is 12.5. The topological polar surface area (TPSA) is 0 Å². The van der Waals surface area contributed by atoms with Crippen LogP contribution in [-0.2, 0) is 16.2 Å². The maximum atomic E-state index is 6.35. The molecule has 0 unspecified atom stereocenters. The van der Waals surface area contributed by atoms with Crippen LogP contribution in [0.15, 0.2) is 170 Å². The van der Waals surface area contributed by atoms with Crippen molar-refractivity contribution in [2.24, 2.45) is 0 Å². The van der Waals surface area contributed by atoms with E-state index in [0.29, 0.717) is 0 Å². The van der Waals surface area contributed by atoms with Gasteiger partial charge in [0.2, 0.25) is 0 Å². The van der Waals surface area contributed by atoms with E-state index in [1.807, 2.05) is 12.1 Å². The molecule has 8 rings (SSSR count). The first-order valence-electron chi connectivity index (χ1n) is 16.9. The molecule has 0 aliphatic rings. The van der Waals surface area contributed by atoms with Crippen LogP contribution in [0.2, 0.25) is 0 Å². The summed E-state index contributed by atoms with van der Waals surface area (Å²) < 4.78 is 2.79. The van der Waals surface area contributed by atoms with Crippen LogP contribution in [0.25, 0.3) is 43.8 Å². The van der Waals surface area contributed by atoms with Crippen molar-refractivity contribution in [1.29, 1.82) is 0 Å². The molecule has 0 fully saturated rings. The zero-order valence-corrected chi connectivity index (χ0v) is 35.0. The van der Waals surface area contributed by atoms with Gasteiger partial charge in [-0.05, 0) is 21.5 Å². The molecule has 0 heterocycles. The molecule has 0 aromatic heterocycles. The molecule has 0 amide bonds. The van der Waals surface area contributed by atoms with Crippen LogP contribution < -0.4 is 8.79 Å². The van der Waals surface area contributed by atoms with Gasteiger partial charge in [0.05, 0.1) is 0 Å². The van der Waals surface area contributed by atoms with Crippen LogP contribution in [-0.4, -0.2) is 9.98 Å². The summed E-state index contributed by atoms with van der Waals surface area (Å²) in [5, 5.41) is 5.29. The molecule has 0 radical (unpaired) electrons. The fourth-order valence-electron chi connectivity index (χ4n) is 6.70. The predicted octanol–water partition coefficient (Wildman–Crippen LogP) is 12.4. The SMILES string of the molecule is Cc1cc(-c2cccc3ccccc23)c(C)[cH-]1.Cc1cc(-c2cccc3ccccc23)c(C)[cH-]1.[Cl][Zr]([Cl])=[Ge]([c]1ccccc1)[c]1ccccc1. The van der Waals surface area contributed by atoms with E-state index in [0.717, 1.165) is 0 Å². The standard InChI is InChI=1S/2C17H15.C12H10Ge.2ClH.Zr/c2*1-12-10-13(2)17(11-12)16-9-5-7-14-6-3-4-8-15(14)16;1-3-7-11(8-4-1)13-12-9-5-2-6-10-12;;;/h2*3-11H,1-2H3;1-10H;2*1H;/q2*-1;;;;+2/p-2. The molecule has 0 saturated heterocycles. The van der Waals surface area contributed by atoms with Gasteiger partial charge in [-0.2, -0.15) is 45.5 Å². The summed E-state index contributed by atoms with van der Waals surface area (Å²) in [6.07, 6.45) is 0. The van der Waals surface area contributed by atoms with E-state index in [-0.39, 0.29) is 0 Å². The quantitative estimate of drug-likeness (QED) is 0.122. The monoisotopic (exact) mass is 826 g/mol. The van der Waals surface area contributed by atoms with Crippen LogP contribution >= 0.6 is 17.0 Å². The van der Waals surface area contributed by atoms with Gasteiger partial charge in [0.15, 0.2) is 0 Å². The Labute approximate surface area is 312 Å². The third-order valence-electron chi connectivity index (χ3n) is 8.96. The molecule has 0 nitrogen and oxygen atoms in total. The van der Waals surface area contributed by atoms with Crippen LogP contribution in [0, 0.1) is 27.7 Å². The van der Waals surface area contributed by atoms with Crippen molar-refractivity contribution in [2.75, 3.05) is 0 Å². The summed E-state index contributed by atoms with van der Waals surface area (Å²) in [5.74, 6) is 0. The van der Waals surface area contributed by atoms with E-state index >= 15 is 0 Å². The Morgan fingerprint density at radius 2 is 0.780 bits per heavy atom. The van der Waals surface area contributed by atoms with Crippen LogP contribution in [0.3, 0.4) is 0 Å². The van der Waals surface area contributed by atoms with E-state index in [4.69, 9.17) is 17.0 Å². The van der Waals surface area contributed by atoms with Gasteiger partial charge in [0.1, 0.15) is 0 Å². The summed E-state index contributed by atoms with van der Waals surface area (Å²) in [4.78, 5) is 0. The molecule has 0 aliphatic carbocycles. The van der Waals surface area contributed by atoms with E-state index in [9.17, 15) is 0 Å². The van der Waals surface area contributed by atoms with E-state index in [2.05, 4.69) is 185 Å². The molecule has 248 valence electrons. The number of aryl methyl sites for hydroxylation is 4. The van der Waals surface area contributed by atoms with Crippen molar-refractivity contribution in [3.05, 3.63) is 192 Å². The van der Waals surface area contributed by atoms with Crippen molar-refractivity contribution in [3.63, 3.8) is 0 Å². The van der Waals surface area contributed by atoms with Gasteiger partial charge < -0.3 is 0 Å². The Morgan fingerprint density at radius 3 is 1.14 bits per heavy atom. The molecular formula is C46H40Cl2GeZr-2. The number of hydrogen-bond donors (Lipinski definition) is 0. The normalized spacial score (nSPS) is 10.6. The first-order valence-corrected chi connectivity index (χ1v) is 32.8. The van der Waals surface area contributed by atoms with Gasteiger partial charge >= 0.3 is 113 Å². The second kappa shape index (κ2) is 17.2. The van der Waals surface area contributed by atoms with Crippen LogP contribution in [0.5, 0.6) is 0 Å². The van der Waals surface area contributed by atoms with Crippen LogP contribution in [0.1, 0.15) is 22.3 Å². The zero-order valence-electron chi connectivity index (χ0n) is 28.9. The summed E-state index contributed by atoms with van der Waals surface area (Å²) >= 11 is -2.19. The maximum absolute atomic E-state index is 6.35. The fraction of sp³-hybridized carbons (Fsp3) is 0.0870. The minimum atomic E-state index is -2.19. The molecule has 0 saturated carbocycles. The Bertz CT molecular complexity index is 2210. The molecule has 0 spiro atoms. The first-order chi connectivity index (χ1) is 24.3. The second-order valence-electron chi connectivity index (χ2n) is 12.7. The Balaban J connectivity index is 0.000000130. The van der Waals surface area contributed by atoms with E-state index < -0.39 is 26.2 Å². The van der Waals surface area contributed by atoms with Crippen molar-refractivity contribution in [1.82, 2.24) is 0 Å². The first kappa shape index (κ1) is 36.3. The minimum absolute atomic E-state index is 1.31. The average Bonchev–Trinajstić information content (AvgIpc) is 3.66. The molecule has 50 heavy (non-hydrogen) atoms. The second-order valence-corrected chi connectivity index (χ2v) is 44.0. The number of benzene rings is 6. The number of hydrogen-bond acceptors (Lipinski definition) is 0. The van der Waals surface area contributed by atoms with Gasteiger partial charge in [-0.3, -0.25) is 0 Å². The summed E-state index contributed by atoms with van der Waals surface area (Å²) in [6, 6.07) is 60.3. The van der Waals surface area contributed by atoms with Gasteiger partial charge in [-0.1, -0.05) is 124 Å². The van der Waals surface area contributed by atoms with Gasteiger partial charge in [0, 0.05) is 0 Å². The average molecular weight is 828 g/mol. The molecule has 8 aromatic rings. The number of halogens is 2. The molecule has 0 bridgehead atoms. The predicted molar refractivity (Wildman–Crippen MR) is 219 cm³/mol. The summed E-state index contributed by atoms with van der Waals surface area (Å²) in [7, 11) is 11.1. The fourth-order valence-corrected chi connectivity index (χ4v) is 33.8.